The smallest absolute Gasteiger partial charge is 0.284 e. The first-order valence-electron chi connectivity index (χ1n) is 6.91. The zero-order valence-corrected chi connectivity index (χ0v) is 13.3. The number of sulfonamides is 1. The molecule has 0 aliphatic rings. The zero-order chi connectivity index (χ0) is 17.2. The van der Waals surface area contributed by atoms with Crippen molar-refractivity contribution in [2.75, 3.05) is 11.5 Å². The standard InChI is InChI=1S/C15H14N6O2S/c16-14-18-15(17)21(19-14)13(11-7-3-1-4-8-11)20-24(22,23)12-9-5-2-6-10-12/h1-10H,(H4,16,17,18,19)/b20-13-. The van der Waals surface area contributed by atoms with Crippen LogP contribution in [0, 0.1) is 0 Å². The van der Waals surface area contributed by atoms with Crippen LogP contribution in [0.15, 0.2) is 70.0 Å². The van der Waals surface area contributed by atoms with Crippen LogP contribution >= 0.6 is 0 Å². The Balaban J connectivity index is 2.21. The molecule has 3 aromatic rings. The average Bonchev–Trinajstić information content (AvgIpc) is 2.92. The summed E-state index contributed by atoms with van der Waals surface area (Å²) in [7, 11) is -3.96. The van der Waals surface area contributed by atoms with Crippen molar-refractivity contribution in [3.63, 3.8) is 0 Å². The van der Waals surface area contributed by atoms with E-state index in [0.717, 1.165) is 4.68 Å². The van der Waals surface area contributed by atoms with Gasteiger partial charge in [-0.3, -0.25) is 0 Å². The molecule has 24 heavy (non-hydrogen) atoms. The molecule has 0 spiro atoms. The first-order chi connectivity index (χ1) is 11.5. The molecule has 0 unspecified atom stereocenters. The van der Waals surface area contributed by atoms with Gasteiger partial charge < -0.3 is 11.5 Å². The monoisotopic (exact) mass is 342 g/mol. The fourth-order valence-corrected chi connectivity index (χ4v) is 3.07. The maximum atomic E-state index is 12.6. The Morgan fingerprint density at radius 2 is 1.54 bits per heavy atom. The maximum absolute atomic E-state index is 12.6. The lowest BCUT2D eigenvalue weighted by atomic mass is 10.2. The van der Waals surface area contributed by atoms with E-state index in [2.05, 4.69) is 14.5 Å². The van der Waals surface area contributed by atoms with Crippen molar-refractivity contribution < 1.29 is 8.42 Å². The molecule has 0 saturated carbocycles. The van der Waals surface area contributed by atoms with Crippen LogP contribution in [0.25, 0.3) is 0 Å². The van der Waals surface area contributed by atoms with E-state index >= 15 is 0 Å². The van der Waals surface area contributed by atoms with Crippen molar-refractivity contribution in [1.82, 2.24) is 14.8 Å². The van der Waals surface area contributed by atoms with Crippen LogP contribution in [0.1, 0.15) is 5.56 Å². The lowest BCUT2D eigenvalue weighted by molar-refractivity contribution is 0.597. The first-order valence-corrected chi connectivity index (χ1v) is 8.35. The third-order valence-corrected chi connectivity index (χ3v) is 4.41. The van der Waals surface area contributed by atoms with Crippen LogP contribution in [0.4, 0.5) is 11.9 Å². The normalized spacial score (nSPS) is 12.2. The third-order valence-electron chi connectivity index (χ3n) is 3.13. The first kappa shape index (κ1) is 15.7. The average molecular weight is 342 g/mol. The summed E-state index contributed by atoms with van der Waals surface area (Å²) in [6, 6.07) is 16.5. The van der Waals surface area contributed by atoms with E-state index in [9.17, 15) is 8.42 Å². The fourth-order valence-electron chi connectivity index (χ4n) is 2.06. The summed E-state index contributed by atoms with van der Waals surface area (Å²) in [6.45, 7) is 0. The Labute approximate surface area is 138 Å². The summed E-state index contributed by atoms with van der Waals surface area (Å²) in [4.78, 5) is 3.85. The Kier molecular flexibility index (Phi) is 4.00. The Hall–Kier alpha value is -3.20. The highest BCUT2D eigenvalue weighted by atomic mass is 32.2. The molecular weight excluding hydrogens is 328 g/mol. The van der Waals surface area contributed by atoms with Crippen molar-refractivity contribution in [1.29, 1.82) is 0 Å². The number of hydrogen-bond donors (Lipinski definition) is 2. The topological polar surface area (TPSA) is 129 Å². The SMILES string of the molecule is Nc1nc(N)n(/C(=N\S(=O)(=O)c2ccccc2)c2ccccc2)n1. The Morgan fingerprint density at radius 3 is 2.08 bits per heavy atom. The van der Waals surface area contributed by atoms with Gasteiger partial charge >= 0.3 is 0 Å². The fraction of sp³-hybridized carbons (Fsp3) is 0. The highest BCUT2D eigenvalue weighted by Crippen LogP contribution is 2.16. The Bertz CT molecular complexity index is 981. The molecule has 0 aliphatic carbocycles. The molecule has 3 rings (SSSR count). The van der Waals surface area contributed by atoms with Crippen LogP contribution in [-0.4, -0.2) is 29.0 Å². The molecule has 9 heteroatoms. The summed E-state index contributed by atoms with van der Waals surface area (Å²) in [6.07, 6.45) is 0. The van der Waals surface area contributed by atoms with Crippen LogP contribution in [0.3, 0.4) is 0 Å². The highest BCUT2D eigenvalue weighted by Gasteiger charge is 2.19. The molecule has 0 fully saturated rings. The third kappa shape index (κ3) is 3.10. The minimum atomic E-state index is -3.96. The van der Waals surface area contributed by atoms with Crippen LogP contribution in [0.2, 0.25) is 0 Å². The van der Waals surface area contributed by atoms with Crippen molar-refractivity contribution in [2.24, 2.45) is 4.40 Å². The molecule has 0 radical (unpaired) electrons. The van der Waals surface area contributed by atoms with Gasteiger partial charge in [-0.1, -0.05) is 48.5 Å². The second kappa shape index (κ2) is 6.13. The molecule has 0 aliphatic heterocycles. The van der Waals surface area contributed by atoms with Crippen molar-refractivity contribution in [3.05, 3.63) is 66.2 Å². The quantitative estimate of drug-likeness (QED) is 0.542. The number of nitrogens with two attached hydrogens (primary N) is 2. The van der Waals surface area contributed by atoms with Crippen LogP contribution in [0.5, 0.6) is 0 Å². The Morgan fingerprint density at radius 1 is 0.958 bits per heavy atom. The number of nitrogens with zero attached hydrogens (tertiary/aromatic N) is 4. The van der Waals surface area contributed by atoms with Gasteiger partial charge in [-0.15, -0.1) is 9.50 Å². The van der Waals surface area contributed by atoms with Gasteiger partial charge in [-0.05, 0) is 12.1 Å². The van der Waals surface area contributed by atoms with E-state index in [4.69, 9.17) is 11.5 Å². The van der Waals surface area contributed by atoms with Crippen molar-refractivity contribution in [3.8, 4) is 0 Å². The minimum Gasteiger partial charge on any atom is -0.368 e. The van der Waals surface area contributed by atoms with Gasteiger partial charge in [-0.2, -0.15) is 18.1 Å². The molecule has 4 N–H and O–H groups in total. The number of nitrogen functional groups attached to an aromatic ring is 2. The second-order valence-corrected chi connectivity index (χ2v) is 6.41. The number of aromatic nitrogens is 3. The molecule has 1 aromatic heterocycles. The van der Waals surface area contributed by atoms with Gasteiger partial charge in [0.15, 0.2) is 5.84 Å². The van der Waals surface area contributed by atoms with Gasteiger partial charge in [0.25, 0.3) is 10.0 Å². The van der Waals surface area contributed by atoms with Gasteiger partial charge in [-0.25, -0.2) is 0 Å². The van der Waals surface area contributed by atoms with Gasteiger partial charge in [0.05, 0.1) is 4.90 Å². The molecule has 0 saturated heterocycles. The maximum Gasteiger partial charge on any atom is 0.284 e. The molecule has 8 nitrogen and oxygen atoms in total. The molecule has 0 bridgehead atoms. The predicted molar refractivity (Wildman–Crippen MR) is 90.9 cm³/mol. The van der Waals surface area contributed by atoms with Crippen molar-refractivity contribution >= 4 is 27.8 Å². The number of rotatable bonds is 3. The summed E-state index contributed by atoms with van der Waals surface area (Å²) in [5, 5.41) is 3.93. The zero-order valence-electron chi connectivity index (χ0n) is 12.4. The van der Waals surface area contributed by atoms with Gasteiger partial charge in [0.2, 0.25) is 11.9 Å². The highest BCUT2D eigenvalue weighted by molar-refractivity contribution is 7.90. The summed E-state index contributed by atoms with van der Waals surface area (Å²) < 4.78 is 30.2. The van der Waals surface area contributed by atoms with E-state index in [-0.39, 0.29) is 22.6 Å². The summed E-state index contributed by atoms with van der Waals surface area (Å²) in [5.74, 6) is -0.118. The summed E-state index contributed by atoms with van der Waals surface area (Å²) in [5.41, 5.74) is 11.8. The number of anilines is 2. The molecule has 0 amide bonds. The van der Waals surface area contributed by atoms with Gasteiger partial charge in [0, 0.05) is 5.56 Å². The molecule has 1 heterocycles. The second-order valence-electron chi connectivity index (χ2n) is 4.81. The largest absolute Gasteiger partial charge is 0.368 e. The van der Waals surface area contributed by atoms with E-state index in [1.54, 1.807) is 48.5 Å². The predicted octanol–water partition coefficient (Wildman–Crippen LogP) is 1.13. The summed E-state index contributed by atoms with van der Waals surface area (Å²) >= 11 is 0. The minimum absolute atomic E-state index is 0.0150. The van der Waals surface area contributed by atoms with Crippen LogP contribution < -0.4 is 11.5 Å². The lowest BCUT2D eigenvalue weighted by Crippen LogP contribution is -2.19. The van der Waals surface area contributed by atoms with E-state index < -0.39 is 10.0 Å². The van der Waals surface area contributed by atoms with Gasteiger partial charge in [0.1, 0.15) is 0 Å². The van der Waals surface area contributed by atoms with E-state index in [1.807, 2.05) is 0 Å². The molecule has 0 atom stereocenters. The molecule has 2 aromatic carbocycles. The van der Waals surface area contributed by atoms with Crippen molar-refractivity contribution in [2.45, 2.75) is 4.90 Å². The lowest BCUT2D eigenvalue weighted by Gasteiger charge is -2.08. The van der Waals surface area contributed by atoms with E-state index in [1.165, 1.54) is 12.1 Å². The molecule has 122 valence electrons. The van der Waals surface area contributed by atoms with Crippen LogP contribution in [-0.2, 0) is 10.0 Å². The molecular formula is C15H14N6O2S. The number of benzene rings is 2. The number of hydrogen-bond acceptors (Lipinski definition) is 6. The van der Waals surface area contributed by atoms with E-state index in [0.29, 0.717) is 5.56 Å².